The lowest BCUT2D eigenvalue weighted by molar-refractivity contribution is 0.0698. The topological polar surface area (TPSA) is 52.6 Å². The van der Waals surface area contributed by atoms with E-state index in [1.807, 2.05) is 12.1 Å². The molecular weight excluding hydrogens is 240 g/mol. The van der Waals surface area contributed by atoms with E-state index < -0.39 is 5.97 Å². The van der Waals surface area contributed by atoms with Crippen LogP contribution in [0.2, 0.25) is 0 Å². The summed E-state index contributed by atoms with van der Waals surface area (Å²) in [6.07, 6.45) is 3.88. The second kappa shape index (κ2) is 6.57. The van der Waals surface area contributed by atoms with Gasteiger partial charge in [0.25, 0.3) is 0 Å². The molecule has 0 spiro atoms. The molecule has 1 heterocycles. The van der Waals surface area contributed by atoms with Crippen LogP contribution in [0.25, 0.3) is 0 Å². The molecule has 1 atom stereocenters. The number of anilines is 1. The van der Waals surface area contributed by atoms with Gasteiger partial charge in [-0.25, -0.2) is 4.79 Å². The highest BCUT2D eigenvalue weighted by atomic mass is 16.4. The van der Waals surface area contributed by atoms with Crippen LogP contribution in [-0.2, 0) is 0 Å². The Hall–Kier alpha value is -1.55. The summed E-state index contributed by atoms with van der Waals surface area (Å²) < 4.78 is 0. The second-order valence-electron chi connectivity index (χ2n) is 5.18. The molecule has 1 fully saturated rings. The largest absolute Gasteiger partial charge is 0.478 e. The average molecular weight is 262 g/mol. The number of hydrogen-bond acceptors (Lipinski definition) is 3. The van der Waals surface area contributed by atoms with Crippen molar-refractivity contribution in [2.75, 3.05) is 25.0 Å². The van der Waals surface area contributed by atoms with E-state index in [1.165, 1.54) is 19.3 Å². The maximum Gasteiger partial charge on any atom is 0.337 e. The van der Waals surface area contributed by atoms with Gasteiger partial charge >= 0.3 is 5.97 Å². The van der Waals surface area contributed by atoms with E-state index in [4.69, 9.17) is 5.11 Å². The van der Waals surface area contributed by atoms with Gasteiger partial charge in [0.2, 0.25) is 0 Å². The number of nitrogens with zero attached hydrogens (tertiary/aromatic N) is 1. The van der Waals surface area contributed by atoms with E-state index in [9.17, 15) is 4.79 Å². The van der Waals surface area contributed by atoms with Crippen LogP contribution in [0.15, 0.2) is 24.3 Å². The lowest BCUT2D eigenvalue weighted by Gasteiger charge is -2.32. The number of carboxylic acids is 1. The molecule has 1 aliphatic heterocycles. The van der Waals surface area contributed by atoms with Gasteiger partial charge in [0.05, 0.1) is 5.56 Å². The summed E-state index contributed by atoms with van der Waals surface area (Å²) in [7, 11) is 0. The third-order valence-electron chi connectivity index (χ3n) is 3.76. The smallest absolute Gasteiger partial charge is 0.337 e. The first-order chi connectivity index (χ1) is 9.18. The Morgan fingerprint density at radius 2 is 2.00 bits per heavy atom. The molecule has 0 saturated carbocycles. The van der Waals surface area contributed by atoms with Crippen LogP contribution in [0.4, 0.5) is 5.69 Å². The number of benzene rings is 1. The fraction of sp³-hybridized carbons (Fsp3) is 0.533. The minimum Gasteiger partial charge on any atom is -0.478 e. The van der Waals surface area contributed by atoms with E-state index in [0.29, 0.717) is 17.3 Å². The number of piperidine rings is 1. The molecule has 1 aromatic rings. The van der Waals surface area contributed by atoms with Crippen molar-refractivity contribution >= 4 is 11.7 Å². The molecule has 2 N–H and O–H groups in total. The molecule has 0 radical (unpaired) electrons. The number of likely N-dealkylation sites (tertiary alicyclic amines) is 1. The van der Waals surface area contributed by atoms with E-state index in [0.717, 1.165) is 19.6 Å². The van der Waals surface area contributed by atoms with Crippen molar-refractivity contribution in [3.63, 3.8) is 0 Å². The second-order valence-corrected chi connectivity index (χ2v) is 5.18. The number of carboxylic acid groups (broad SMARTS) is 1. The van der Waals surface area contributed by atoms with Gasteiger partial charge in [-0.15, -0.1) is 0 Å². The van der Waals surface area contributed by atoms with Crippen LogP contribution < -0.4 is 5.32 Å². The predicted molar refractivity (Wildman–Crippen MR) is 76.8 cm³/mol. The summed E-state index contributed by atoms with van der Waals surface area (Å²) in [6.45, 7) is 5.29. The summed E-state index contributed by atoms with van der Waals surface area (Å²) in [4.78, 5) is 13.6. The highest BCUT2D eigenvalue weighted by Gasteiger charge is 2.17. The first-order valence-corrected chi connectivity index (χ1v) is 6.98. The molecule has 2 rings (SSSR count). The number of rotatable bonds is 5. The maximum absolute atomic E-state index is 11.1. The zero-order valence-corrected chi connectivity index (χ0v) is 11.4. The summed E-state index contributed by atoms with van der Waals surface area (Å²) in [5.74, 6) is -0.881. The van der Waals surface area contributed by atoms with Gasteiger partial charge in [0.1, 0.15) is 0 Å². The first kappa shape index (κ1) is 13.9. The highest BCUT2D eigenvalue weighted by Crippen LogP contribution is 2.16. The Bertz CT molecular complexity index is 428. The lowest BCUT2D eigenvalue weighted by Crippen LogP contribution is -2.41. The Balaban J connectivity index is 1.92. The molecule has 19 heavy (non-hydrogen) atoms. The Morgan fingerprint density at radius 1 is 1.32 bits per heavy atom. The molecule has 0 aromatic heterocycles. The molecular formula is C15H22N2O2. The fourth-order valence-electron chi connectivity index (χ4n) is 2.57. The lowest BCUT2D eigenvalue weighted by atomic mass is 10.1. The molecule has 0 amide bonds. The molecule has 1 unspecified atom stereocenters. The summed E-state index contributed by atoms with van der Waals surface area (Å²) in [5, 5.41) is 12.4. The zero-order chi connectivity index (χ0) is 13.7. The minimum atomic E-state index is -0.881. The quantitative estimate of drug-likeness (QED) is 0.856. The maximum atomic E-state index is 11.1. The number of hydrogen-bond donors (Lipinski definition) is 2. The predicted octanol–water partition coefficient (Wildman–Crippen LogP) is 2.67. The van der Waals surface area contributed by atoms with Gasteiger partial charge in [0.15, 0.2) is 0 Å². The molecule has 4 nitrogen and oxygen atoms in total. The average Bonchev–Trinajstić information content (AvgIpc) is 2.46. The normalized spacial score (nSPS) is 17.9. The van der Waals surface area contributed by atoms with Crippen molar-refractivity contribution < 1.29 is 9.90 Å². The Morgan fingerprint density at radius 3 is 2.68 bits per heavy atom. The molecule has 1 saturated heterocycles. The van der Waals surface area contributed by atoms with Gasteiger partial charge in [0, 0.05) is 18.3 Å². The van der Waals surface area contributed by atoms with Crippen LogP contribution in [-0.4, -0.2) is 41.7 Å². The third-order valence-corrected chi connectivity index (χ3v) is 3.76. The minimum absolute atomic E-state index is 0.341. The number of para-hydroxylation sites is 1. The standard InChI is InChI=1S/C15H22N2O2/c1-12(17-9-5-2-6-10-17)11-16-14-8-4-3-7-13(14)15(18)19/h3-4,7-8,12,16H,2,5-6,9-11H2,1H3,(H,18,19). The summed E-state index contributed by atoms with van der Waals surface area (Å²) >= 11 is 0. The van der Waals surface area contributed by atoms with Crippen molar-refractivity contribution in [3.05, 3.63) is 29.8 Å². The van der Waals surface area contributed by atoms with Gasteiger partial charge < -0.3 is 10.4 Å². The van der Waals surface area contributed by atoms with Crippen molar-refractivity contribution in [2.24, 2.45) is 0 Å². The molecule has 0 aliphatic carbocycles. The molecule has 0 bridgehead atoms. The molecule has 104 valence electrons. The van der Waals surface area contributed by atoms with Crippen molar-refractivity contribution in [2.45, 2.75) is 32.2 Å². The number of nitrogens with one attached hydrogen (secondary N) is 1. The van der Waals surface area contributed by atoms with E-state index in [2.05, 4.69) is 17.1 Å². The Kier molecular flexibility index (Phi) is 4.80. The highest BCUT2D eigenvalue weighted by molar-refractivity contribution is 5.94. The Labute approximate surface area is 114 Å². The van der Waals surface area contributed by atoms with Crippen LogP contribution in [0.5, 0.6) is 0 Å². The summed E-state index contributed by atoms with van der Waals surface area (Å²) in [5.41, 5.74) is 1.05. The zero-order valence-electron chi connectivity index (χ0n) is 11.4. The molecule has 1 aliphatic rings. The monoisotopic (exact) mass is 262 g/mol. The van der Waals surface area contributed by atoms with E-state index in [-0.39, 0.29) is 0 Å². The van der Waals surface area contributed by atoms with Crippen molar-refractivity contribution in [1.82, 2.24) is 4.90 Å². The van der Waals surface area contributed by atoms with Crippen molar-refractivity contribution in [1.29, 1.82) is 0 Å². The number of aromatic carboxylic acids is 1. The van der Waals surface area contributed by atoms with Crippen molar-refractivity contribution in [3.8, 4) is 0 Å². The van der Waals surface area contributed by atoms with E-state index >= 15 is 0 Å². The molecule has 1 aromatic carbocycles. The van der Waals surface area contributed by atoms with Gasteiger partial charge in [-0.05, 0) is 45.0 Å². The van der Waals surface area contributed by atoms with Crippen LogP contribution >= 0.6 is 0 Å². The van der Waals surface area contributed by atoms with Gasteiger partial charge in [-0.1, -0.05) is 18.6 Å². The van der Waals surface area contributed by atoms with E-state index in [1.54, 1.807) is 12.1 Å². The fourth-order valence-corrected chi connectivity index (χ4v) is 2.57. The van der Waals surface area contributed by atoms with Crippen LogP contribution in [0.3, 0.4) is 0 Å². The van der Waals surface area contributed by atoms with Gasteiger partial charge in [-0.3, -0.25) is 4.90 Å². The summed E-state index contributed by atoms with van der Waals surface area (Å²) in [6, 6.07) is 7.51. The number of carbonyl (C=O) groups is 1. The SMILES string of the molecule is CC(CNc1ccccc1C(=O)O)N1CCCCC1. The third kappa shape index (κ3) is 3.70. The van der Waals surface area contributed by atoms with Crippen LogP contribution in [0.1, 0.15) is 36.5 Å². The van der Waals surface area contributed by atoms with Crippen LogP contribution in [0, 0.1) is 0 Å². The first-order valence-electron chi connectivity index (χ1n) is 6.98. The molecule has 4 heteroatoms. The van der Waals surface area contributed by atoms with Gasteiger partial charge in [-0.2, -0.15) is 0 Å².